The lowest BCUT2D eigenvalue weighted by Crippen LogP contribution is -2.54. The molecule has 0 bridgehead atoms. The molecule has 9 heteroatoms. The molecule has 0 heterocycles. The van der Waals surface area contributed by atoms with Gasteiger partial charge in [-0.3, -0.25) is 13.9 Å². The van der Waals surface area contributed by atoms with Crippen LogP contribution in [0.2, 0.25) is 0 Å². The molecule has 7 nitrogen and oxygen atoms in total. The van der Waals surface area contributed by atoms with Crippen LogP contribution >= 0.6 is 15.9 Å². The van der Waals surface area contributed by atoms with Gasteiger partial charge in [-0.25, -0.2) is 8.42 Å². The lowest BCUT2D eigenvalue weighted by molar-refractivity contribution is -0.140. The first kappa shape index (κ1) is 30.8. The van der Waals surface area contributed by atoms with E-state index >= 15 is 0 Å². The number of halogens is 1. The Morgan fingerprint density at radius 3 is 2.27 bits per heavy atom. The first-order valence-corrected chi connectivity index (χ1v) is 16.6. The van der Waals surface area contributed by atoms with Crippen LogP contribution in [0.3, 0.4) is 0 Å². The lowest BCUT2D eigenvalue weighted by atomic mass is 10.0. The van der Waals surface area contributed by atoms with Gasteiger partial charge in [0.05, 0.1) is 11.9 Å². The van der Waals surface area contributed by atoms with E-state index in [4.69, 9.17) is 0 Å². The molecular formula is C32H38BrN3O4S. The number of nitrogens with one attached hydrogen (secondary N) is 1. The summed E-state index contributed by atoms with van der Waals surface area (Å²) in [7, 11) is -3.81. The van der Waals surface area contributed by atoms with Crippen LogP contribution in [0.15, 0.2) is 77.3 Å². The maximum atomic E-state index is 14.2. The van der Waals surface area contributed by atoms with Gasteiger partial charge in [-0.05, 0) is 61.6 Å². The lowest BCUT2D eigenvalue weighted by Gasteiger charge is -2.34. The van der Waals surface area contributed by atoms with Crippen molar-refractivity contribution in [2.45, 2.75) is 64.6 Å². The monoisotopic (exact) mass is 639 g/mol. The molecule has 0 saturated heterocycles. The first-order chi connectivity index (χ1) is 19.5. The van der Waals surface area contributed by atoms with E-state index in [-0.39, 0.29) is 18.5 Å². The fourth-order valence-corrected chi connectivity index (χ4v) is 6.41. The molecule has 0 spiro atoms. The summed E-state index contributed by atoms with van der Waals surface area (Å²) in [6, 6.07) is 21.9. The third-order valence-electron chi connectivity index (χ3n) is 7.52. The number of rotatable bonds is 11. The number of carbonyl (C=O) groups is 2. The van der Waals surface area contributed by atoms with Crippen molar-refractivity contribution in [3.63, 3.8) is 0 Å². The molecule has 1 fully saturated rings. The van der Waals surface area contributed by atoms with Gasteiger partial charge in [0.15, 0.2) is 0 Å². The van der Waals surface area contributed by atoms with E-state index in [9.17, 15) is 18.0 Å². The van der Waals surface area contributed by atoms with Crippen LogP contribution in [0.1, 0.15) is 47.9 Å². The number of anilines is 1. The summed E-state index contributed by atoms with van der Waals surface area (Å²) in [5, 5.41) is 3.19. The number of amides is 2. The second-order valence-electron chi connectivity index (χ2n) is 10.9. The Hall–Kier alpha value is -3.17. The Morgan fingerprint density at radius 2 is 1.63 bits per heavy atom. The summed E-state index contributed by atoms with van der Waals surface area (Å²) in [6.07, 6.45) is 5.37. The molecule has 1 unspecified atom stereocenters. The minimum absolute atomic E-state index is 0.0787. The Labute approximate surface area is 252 Å². The highest BCUT2D eigenvalue weighted by atomic mass is 79.9. The van der Waals surface area contributed by atoms with Gasteiger partial charge < -0.3 is 10.2 Å². The third-order valence-corrected chi connectivity index (χ3v) is 9.55. The highest BCUT2D eigenvalue weighted by molar-refractivity contribution is 9.10. The van der Waals surface area contributed by atoms with Crippen molar-refractivity contribution in [2.75, 3.05) is 17.1 Å². The van der Waals surface area contributed by atoms with Crippen LogP contribution in [0.25, 0.3) is 0 Å². The molecule has 0 aliphatic heterocycles. The molecule has 1 atom stereocenters. The minimum Gasteiger partial charge on any atom is -0.352 e. The Bertz CT molecular complexity index is 1470. The topological polar surface area (TPSA) is 86.8 Å². The van der Waals surface area contributed by atoms with E-state index < -0.39 is 28.5 Å². The van der Waals surface area contributed by atoms with Crippen LogP contribution < -0.4 is 9.62 Å². The van der Waals surface area contributed by atoms with Crippen molar-refractivity contribution in [3.8, 4) is 0 Å². The van der Waals surface area contributed by atoms with Gasteiger partial charge in [0.25, 0.3) is 0 Å². The van der Waals surface area contributed by atoms with E-state index in [1.165, 1.54) is 0 Å². The van der Waals surface area contributed by atoms with Crippen molar-refractivity contribution in [1.29, 1.82) is 0 Å². The van der Waals surface area contributed by atoms with Crippen molar-refractivity contribution in [1.82, 2.24) is 10.2 Å². The number of sulfonamides is 1. The second kappa shape index (κ2) is 13.7. The SMILES string of the molecule is Cc1cccc(CN(C(=O)CN(c2ccc(Br)c(C)c2)S(C)(=O)=O)C(Cc2ccccc2)C(=O)NC2CCCC2)c1. The van der Waals surface area contributed by atoms with Gasteiger partial charge >= 0.3 is 0 Å². The van der Waals surface area contributed by atoms with Crippen LogP contribution in [0, 0.1) is 13.8 Å². The highest BCUT2D eigenvalue weighted by Gasteiger charge is 2.34. The zero-order valence-corrected chi connectivity index (χ0v) is 26.2. The van der Waals surface area contributed by atoms with Crippen molar-refractivity contribution < 1.29 is 18.0 Å². The molecule has 1 aliphatic rings. The molecular weight excluding hydrogens is 602 g/mol. The van der Waals surface area contributed by atoms with E-state index in [0.717, 1.165) is 63.0 Å². The fraction of sp³-hybridized carbons (Fsp3) is 0.375. The third kappa shape index (κ3) is 8.42. The van der Waals surface area contributed by atoms with Crippen LogP contribution in [-0.2, 0) is 32.6 Å². The van der Waals surface area contributed by atoms with Crippen LogP contribution in [-0.4, -0.2) is 50.0 Å². The first-order valence-electron chi connectivity index (χ1n) is 13.9. The summed E-state index contributed by atoms with van der Waals surface area (Å²) >= 11 is 3.46. The van der Waals surface area contributed by atoms with Gasteiger partial charge in [0, 0.05) is 23.5 Å². The van der Waals surface area contributed by atoms with Gasteiger partial charge in [0.1, 0.15) is 12.6 Å². The average Bonchev–Trinajstić information content (AvgIpc) is 3.44. The van der Waals surface area contributed by atoms with Gasteiger partial charge in [-0.15, -0.1) is 0 Å². The maximum Gasteiger partial charge on any atom is 0.244 e. The van der Waals surface area contributed by atoms with E-state index in [1.807, 2.05) is 68.4 Å². The van der Waals surface area contributed by atoms with Gasteiger partial charge in [-0.1, -0.05) is 88.9 Å². The normalized spacial score (nSPS) is 14.4. The Balaban J connectivity index is 1.73. The van der Waals surface area contributed by atoms with Gasteiger partial charge in [0.2, 0.25) is 21.8 Å². The molecule has 218 valence electrons. The quantitative estimate of drug-likeness (QED) is 0.299. The van der Waals surface area contributed by atoms with Crippen LogP contribution in [0.4, 0.5) is 5.69 Å². The van der Waals surface area contributed by atoms with Crippen molar-refractivity contribution >= 4 is 43.5 Å². The largest absolute Gasteiger partial charge is 0.352 e. The summed E-state index contributed by atoms with van der Waals surface area (Å²) in [4.78, 5) is 29.7. The van der Waals surface area contributed by atoms with Crippen LogP contribution in [0.5, 0.6) is 0 Å². The zero-order valence-electron chi connectivity index (χ0n) is 23.8. The average molecular weight is 641 g/mol. The number of hydrogen-bond donors (Lipinski definition) is 1. The summed E-state index contributed by atoms with van der Waals surface area (Å²) in [6.45, 7) is 3.59. The Morgan fingerprint density at radius 1 is 0.951 bits per heavy atom. The molecule has 0 radical (unpaired) electrons. The number of nitrogens with zero attached hydrogens (tertiary/aromatic N) is 2. The predicted octanol–water partition coefficient (Wildman–Crippen LogP) is 5.53. The summed E-state index contributed by atoms with van der Waals surface area (Å²) in [5.41, 5.74) is 4.07. The van der Waals surface area contributed by atoms with E-state index in [2.05, 4.69) is 21.2 Å². The number of hydrogen-bond acceptors (Lipinski definition) is 4. The van der Waals surface area contributed by atoms with E-state index in [1.54, 1.807) is 23.1 Å². The molecule has 1 N–H and O–H groups in total. The summed E-state index contributed by atoms with van der Waals surface area (Å²) < 4.78 is 27.9. The van der Waals surface area contributed by atoms with Crippen molar-refractivity contribution in [3.05, 3.63) is 99.5 Å². The smallest absolute Gasteiger partial charge is 0.244 e. The summed E-state index contributed by atoms with van der Waals surface area (Å²) in [5.74, 6) is -0.660. The molecule has 4 rings (SSSR count). The number of benzene rings is 3. The number of carbonyl (C=O) groups excluding carboxylic acids is 2. The number of aryl methyl sites for hydroxylation is 2. The fourth-order valence-electron chi connectivity index (χ4n) is 5.33. The van der Waals surface area contributed by atoms with Gasteiger partial charge in [-0.2, -0.15) is 0 Å². The van der Waals surface area contributed by atoms with Crippen molar-refractivity contribution in [2.24, 2.45) is 0 Å². The molecule has 3 aromatic rings. The Kier molecular flexibility index (Phi) is 10.3. The standard InChI is InChI=1S/C32H38BrN3O4S/c1-23-10-9-13-26(18-23)21-35(31(37)22-36(41(3,39)40)28-16-17-29(33)24(2)19-28)30(20-25-11-5-4-6-12-25)32(38)34-27-14-7-8-15-27/h4-6,9-13,16-19,27,30H,7-8,14-15,20-22H2,1-3H3,(H,34,38). The molecule has 3 aromatic carbocycles. The molecule has 41 heavy (non-hydrogen) atoms. The zero-order chi connectivity index (χ0) is 29.6. The van der Waals surface area contributed by atoms with E-state index in [0.29, 0.717) is 12.1 Å². The molecule has 1 saturated carbocycles. The predicted molar refractivity (Wildman–Crippen MR) is 167 cm³/mol. The molecule has 2 amide bonds. The maximum absolute atomic E-state index is 14.2. The molecule has 0 aromatic heterocycles. The molecule has 1 aliphatic carbocycles. The second-order valence-corrected chi connectivity index (χ2v) is 13.7. The highest BCUT2D eigenvalue weighted by Crippen LogP contribution is 2.26. The minimum atomic E-state index is -3.81.